The molecule has 1 aliphatic rings. The van der Waals surface area contributed by atoms with E-state index in [2.05, 4.69) is 21.2 Å². The minimum atomic E-state index is -0.624. The van der Waals surface area contributed by atoms with Crippen molar-refractivity contribution in [3.05, 3.63) is 52.3 Å². The van der Waals surface area contributed by atoms with Crippen LogP contribution in [0.3, 0.4) is 0 Å². The molecular formula is C16H15BrFNO2. The molecule has 0 fully saturated rings. The van der Waals surface area contributed by atoms with Crippen molar-refractivity contribution in [1.29, 1.82) is 0 Å². The van der Waals surface area contributed by atoms with Gasteiger partial charge in [0.25, 0.3) is 0 Å². The fourth-order valence-electron chi connectivity index (χ4n) is 2.49. The Hall–Kier alpha value is -1.75. The zero-order valence-electron chi connectivity index (χ0n) is 11.3. The third kappa shape index (κ3) is 3.13. The van der Waals surface area contributed by atoms with Gasteiger partial charge < -0.3 is 15.2 Å². The van der Waals surface area contributed by atoms with E-state index < -0.39 is 5.82 Å². The van der Waals surface area contributed by atoms with Crippen molar-refractivity contribution in [1.82, 2.24) is 0 Å². The maximum absolute atomic E-state index is 13.4. The first-order valence-corrected chi connectivity index (χ1v) is 7.60. The number of rotatable bonds is 2. The Bertz CT molecular complexity index is 663. The molecule has 2 N–H and O–H groups in total. The van der Waals surface area contributed by atoms with Crippen molar-refractivity contribution < 1.29 is 14.2 Å². The van der Waals surface area contributed by atoms with E-state index in [9.17, 15) is 9.50 Å². The molecule has 0 amide bonds. The molecule has 2 aromatic rings. The van der Waals surface area contributed by atoms with Crippen LogP contribution in [0.2, 0.25) is 0 Å². The standard InChI is InChI=1S/C16H15BrFNO2/c17-10-3-5-12-14(2-1-7-21-16(12)8-10)19-11-4-6-15(20)13(18)9-11/h3-6,8-9,14,19-20H,1-2,7H2. The van der Waals surface area contributed by atoms with Crippen LogP contribution in [0.25, 0.3) is 0 Å². The first-order chi connectivity index (χ1) is 10.1. The molecule has 110 valence electrons. The normalized spacial score (nSPS) is 17.5. The topological polar surface area (TPSA) is 41.5 Å². The summed E-state index contributed by atoms with van der Waals surface area (Å²) in [5, 5.41) is 12.6. The predicted molar refractivity (Wildman–Crippen MR) is 83.3 cm³/mol. The number of aromatic hydroxyl groups is 1. The molecule has 3 nitrogen and oxygen atoms in total. The van der Waals surface area contributed by atoms with E-state index in [-0.39, 0.29) is 11.8 Å². The quantitative estimate of drug-likeness (QED) is 0.775. The van der Waals surface area contributed by atoms with Gasteiger partial charge in [-0.05, 0) is 37.1 Å². The zero-order chi connectivity index (χ0) is 14.8. The van der Waals surface area contributed by atoms with Crippen LogP contribution in [0.15, 0.2) is 40.9 Å². The van der Waals surface area contributed by atoms with Gasteiger partial charge in [0, 0.05) is 21.8 Å². The number of hydrogen-bond donors (Lipinski definition) is 2. The highest BCUT2D eigenvalue weighted by Crippen LogP contribution is 2.36. The summed E-state index contributed by atoms with van der Waals surface area (Å²) in [5.41, 5.74) is 1.70. The van der Waals surface area contributed by atoms with Gasteiger partial charge in [-0.15, -0.1) is 0 Å². The molecule has 1 unspecified atom stereocenters. The number of ether oxygens (including phenoxy) is 1. The second kappa shape index (κ2) is 5.93. The number of phenols is 1. The van der Waals surface area contributed by atoms with E-state index >= 15 is 0 Å². The summed E-state index contributed by atoms with van der Waals surface area (Å²) >= 11 is 3.44. The van der Waals surface area contributed by atoms with Gasteiger partial charge in [-0.1, -0.05) is 22.0 Å². The lowest BCUT2D eigenvalue weighted by atomic mass is 10.0. The Morgan fingerprint density at radius 3 is 2.90 bits per heavy atom. The molecule has 0 saturated heterocycles. The molecule has 5 heteroatoms. The minimum absolute atomic E-state index is 0.0551. The van der Waals surface area contributed by atoms with Gasteiger partial charge in [-0.2, -0.15) is 0 Å². The number of halogens is 2. The van der Waals surface area contributed by atoms with Crippen molar-refractivity contribution >= 4 is 21.6 Å². The predicted octanol–water partition coefficient (Wildman–Crippen LogP) is 4.62. The highest BCUT2D eigenvalue weighted by atomic mass is 79.9. The van der Waals surface area contributed by atoms with E-state index in [1.165, 1.54) is 12.1 Å². The maximum Gasteiger partial charge on any atom is 0.166 e. The molecule has 21 heavy (non-hydrogen) atoms. The van der Waals surface area contributed by atoms with Crippen molar-refractivity contribution in [2.24, 2.45) is 0 Å². The van der Waals surface area contributed by atoms with Crippen LogP contribution < -0.4 is 10.1 Å². The molecule has 1 heterocycles. The fourth-order valence-corrected chi connectivity index (χ4v) is 2.83. The minimum Gasteiger partial charge on any atom is -0.505 e. The summed E-state index contributed by atoms with van der Waals surface area (Å²) in [5.74, 6) is -0.117. The van der Waals surface area contributed by atoms with Crippen molar-refractivity contribution in [2.75, 3.05) is 11.9 Å². The Kier molecular flexibility index (Phi) is 4.01. The third-order valence-corrected chi connectivity index (χ3v) is 4.03. The van der Waals surface area contributed by atoms with E-state index in [0.717, 1.165) is 28.6 Å². The van der Waals surface area contributed by atoms with Crippen molar-refractivity contribution in [3.8, 4) is 11.5 Å². The SMILES string of the molecule is Oc1ccc(NC2CCCOc3cc(Br)ccc32)cc1F. The lowest BCUT2D eigenvalue weighted by Gasteiger charge is -2.20. The molecule has 0 aromatic heterocycles. The molecular weight excluding hydrogens is 337 g/mol. The van der Waals surface area contributed by atoms with E-state index in [0.29, 0.717) is 12.3 Å². The average Bonchev–Trinajstić information content (AvgIpc) is 2.65. The van der Waals surface area contributed by atoms with Gasteiger partial charge in [0.1, 0.15) is 5.75 Å². The van der Waals surface area contributed by atoms with Crippen LogP contribution in [0.4, 0.5) is 10.1 Å². The van der Waals surface area contributed by atoms with Gasteiger partial charge in [-0.25, -0.2) is 4.39 Å². The van der Waals surface area contributed by atoms with Crippen LogP contribution >= 0.6 is 15.9 Å². The summed E-state index contributed by atoms with van der Waals surface area (Å²) in [6.45, 7) is 0.672. The summed E-state index contributed by atoms with van der Waals surface area (Å²) in [6.07, 6.45) is 1.82. The maximum atomic E-state index is 13.4. The van der Waals surface area contributed by atoms with Crippen LogP contribution in [0.5, 0.6) is 11.5 Å². The largest absolute Gasteiger partial charge is 0.505 e. The van der Waals surface area contributed by atoms with Crippen LogP contribution in [-0.2, 0) is 0 Å². The van der Waals surface area contributed by atoms with Gasteiger partial charge in [-0.3, -0.25) is 0 Å². The highest BCUT2D eigenvalue weighted by molar-refractivity contribution is 9.10. The molecule has 1 atom stereocenters. The first-order valence-electron chi connectivity index (χ1n) is 6.81. The third-order valence-electron chi connectivity index (χ3n) is 3.53. The average molecular weight is 352 g/mol. The first kappa shape index (κ1) is 14.2. The van der Waals surface area contributed by atoms with E-state index in [4.69, 9.17) is 4.74 Å². The Morgan fingerprint density at radius 2 is 2.10 bits per heavy atom. The molecule has 0 aliphatic carbocycles. The molecule has 1 aliphatic heterocycles. The number of fused-ring (bicyclic) bond motifs is 1. The second-order valence-electron chi connectivity index (χ2n) is 5.04. The van der Waals surface area contributed by atoms with Crippen LogP contribution in [0.1, 0.15) is 24.4 Å². The van der Waals surface area contributed by atoms with E-state index in [1.807, 2.05) is 18.2 Å². The highest BCUT2D eigenvalue weighted by Gasteiger charge is 2.20. The van der Waals surface area contributed by atoms with Gasteiger partial charge in [0.15, 0.2) is 11.6 Å². The number of anilines is 1. The molecule has 0 radical (unpaired) electrons. The molecule has 0 bridgehead atoms. The second-order valence-corrected chi connectivity index (χ2v) is 5.95. The van der Waals surface area contributed by atoms with Gasteiger partial charge in [0.2, 0.25) is 0 Å². The van der Waals surface area contributed by atoms with Gasteiger partial charge >= 0.3 is 0 Å². The number of nitrogens with one attached hydrogen (secondary N) is 1. The number of phenolic OH excluding ortho intramolecular Hbond substituents is 1. The molecule has 3 rings (SSSR count). The van der Waals surface area contributed by atoms with E-state index in [1.54, 1.807) is 6.07 Å². The van der Waals surface area contributed by atoms with Crippen molar-refractivity contribution in [3.63, 3.8) is 0 Å². The van der Waals surface area contributed by atoms with Crippen molar-refractivity contribution in [2.45, 2.75) is 18.9 Å². The van der Waals surface area contributed by atoms with Crippen LogP contribution in [0, 0.1) is 5.82 Å². The Balaban J connectivity index is 1.90. The lowest BCUT2D eigenvalue weighted by Crippen LogP contribution is -2.10. The molecule has 0 saturated carbocycles. The zero-order valence-corrected chi connectivity index (χ0v) is 12.9. The summed E-state index contributed by atoms with van der Waals surface area (Å²) in [4.78, 5) is 0. The Morgan fingerprint density at radius 1 is 1.24 bits per heavy atom. The van der Waals surface area contributed by atoms with Crippen LogP contribution in [-0.4, -0.2) is 11.7 Å². The Labute approximate surface area is 130 Å². The van der Waals surface area contributed by atoms with Gasteiger partial charge in [0.05, 0.1) is 12.6 Å². The molecule has 2 aromatic carbocycles. The summed E-state index contributed by atoms with van der Waals surface area (Å²) in [7, 11) is 0. The number of benzene rings is 2. The summed E-state index contributed by atoms with van der Waals surface area (Å²) in [6, 6.07) is 10.3. The lowest BCUT2D eigenvalue weighted by molar-refractivity contribution is 0.316. The smallest absolute Gasteiger partial charge is 0.166 e. The summed E-state index contributed by atoms with van der Waals surface area (Å²) < 4.78 is 20.2. The molecule has 0 spiro atoms. The number of hydrogen-bond acceptors (Lipinski definition) is 3. The fraction of sp³-hybridized carbons (Fsp3) is 0.250. The monoisotopic (exact) mass is 351 g/mol.